The number of esters is 1. The summed E-state index contributed by atoms with van der Waals surface area (Å²) in [6.45, 7) is 3.12. The molecule has 0 saturated heterocycles. The van der Waals surface area contributed by atoms with E-state index in [0.29, 0.717) is 10.6 Å². The summed E-state index contributed by atoms with van der Waals surface area (Å²) in [4.78, 5) is 34.8. The fraction of sp³-hybridized carbons (Fsp3) is 0.357. The Morgan fingerprint density at radius 1 is 1.25 bits per heavy atom. The number of benzene rings is 1. The molecule has 0 unspecified atom stereocenters. The van der Waals surface area contributed by atoms with E-state index in [0.717, 1.165) is 0 Å². The summed E-state index contributed by atoms with van der Waals surface area (Å²) >= 11 is 5.74. The van der Waals surface area contributed by atoms with Crippen LogP contribution in [0.3, 0.4) is 0 Å². The minimum absolute atomic E-state index is 0.153. The lowest BCUT2D eigenvalue weighted by Crippen LogP contribution is -2.42. The Bertz CT molecular complexity index is 498. The summed E-state index contributed by atoms with van der Waals surface area (Å²) in [5.74, 6) is -1.29. The van der Waals surface area contributed by atoms with Gasteiger partial charge in [0.25, 0.3) is 0 Å². The van der Waals surface area contributed by atoms with Crippen LogP contribution in [0.25, 0.3) is 0 Å². The molecule has 108 valence electrons. The molecule has 0 aliphatic heterocycles. The van der Waals surface area contributed by atoms with E-state index in [1.807, 2.05) is 0 Å². The highest BCUT2D eigenvalue weighted by Crippen LogP contribution is 2.12. The molecule has 0 bridgehead atoms. The predicted molar refractivity (Wildman–Crippen MR) is 74.6 cm³/mol. The topological polar surface area (TPSA) is 72.5 Å². The second-order valence-corrected chi connectivity index (χ2v) is 4.58. The molecule has 0 aromatic heterocycles. The molecule has 20 heavy (non-hydrogen) atoms. The molecule has 1 amide bonds. The van der Waals surface area contributed by atoms with E-state index >= 15 is 0 Å². The number of ketones is 1. The molecule has 0 radical (unpaired) electrons. The van der Waals surface area contributed by atoms with E-state index < -0.39 is 17.9 Å². The third-order valence-electron chi connectivity index (χ3n) is 2.50. The maximum Gasteiger partial charge on any atom is 0.329 e. The van der Waals surface area contributed by atoms with E-state index in [1.165, 1.54) is 6.92 Å². The van der Waals surface area contributed by atoms with Gasteiger partial charge in [0.1, 0.15) is 6.04 Å². The average Bonchev–Trinajstić information content (AvgIpc) is 2.38. The molecule has 0 spiro atoms. The first-order chi connectivity index (χ1) is 9.43. The Kier molecular flexibility index (Phi) is 6.18. The van der Waals surface area contributed by atoms with Crippen LogP contribution in [0.1, 0.15) is 30.6 Å². The number of carbonyl (C=O) groups excluding carboxylic acids is 3. The molecule has 0 aliphatic rings. The van der Waals surface area contributed by atoms with Gasteiger partial charge in [-0.25, -0.2) is 4.79 Å². The zero-order chi connectivity index (χ0) is 15.1. The zero-order valence-electron chi connectivity index (χ0n) is 11.3. The molecular formula is C14H16ClNO4. The molecule has 1 N–H and O–H groups in total. The van der Waals surface area contributed by atoms with Crippen molar-refractivity contribution in [2.24, 2.45) is 0 Å². The van der Waals surface area contributed by atoms with Crippen molar-refractivity contribution in [3.05, 3.63) is 34.9 Å². The SMILES string of the molecule is CCOC(=O)[C@@H](CC(=O)c1ccc(Cl)cc1)NC(C)=O. The number of ether oxygens (including phenoxy) is 1. The standard InChI is InChI=1S/C14H16ClNO4/c1-3-20-14(19)12(16-9(2)17)8-13(18)10-4-6-11(15)7-5-10/h4-7,12H,3,8H2,1-2H3,(H,16,17)/t12-/m1/s1. The van der Waals surface area contributed by atoms with Crippen molar-refractivity contribution in [1.82, 2.24) is 5.32 Å². The van der Waals surface area contributed by atoms with Gasteiger partial charge >= 0.3 is 5.97 Å². The van der Waals surface area contributed by atoms with Crippen LogP contribution in [-0.4, -0.2) is 30.3 Å². The van der Waals surface area contributed by atoms with Gasteiger partial charge in [0.15, 0.2) is 5.78 Å². The van der Waals surface area contributed by atoms with Crippen molar-refractivity contribution >= 4 is 29.3 Å². The highest BCUT2D eigenvalue weighted by atomic mass is 35.5. The fourth-order valence-electron chi connectivity index (χ4n) is 1.62. The predicted octanol–water partition coefficient (Wildman–Crippen LogP) is 1.98. The molecule has 5 nitrogen and oxygen atoms in total. The van der Waals surface area contributed by atoms with Crippen LogP contribution < -0.4 is 5.32 Å². The van der Waals surface area contributed by atoms with Gasteiger partial charge in [0.05, 0.1) is 6.61 Å². The van der Waals surface area contributed by atoms with Gasteiger partial charge in [-0.3, -0.25) is 9.59 Å². The Balaban J connectivity index is 2.77. The number of halogens is 1. The lowest BCUT2D eigenvalue weighted by Gasteiger charge is -2.15. The average molecular weight is 298 g/mol. The normalized spacial score (nSPS) is 11.6. The van der Waals surface area contributed by atoms with Gasteiger partial charge in [-0.05, 0) is 31.2 Å². The van der Waals surface area contributed by atoms with Crippen molar-refractivity contribution in [3.8, 4) is 0 Å². The summed E-state index contributed by atoms with van der Waals surface area (Å²) in [5.41, 5.74) is 0.425. The summed E-state index contributed by atoms with van der Waals surface area (Å²) in [6.07, 6.45) is -0.153. The number of hydrogen-bond acceptors (Lipinski definition) is 4. The van der Waals surface area contributed by atoms with Gasteiger partial charge in [0, 0.05) is 23.9 Å². The van der Waals surface area contributed by atoms with E-state index in [9.17, 15) is 14.4 Å². The van der Waals surface area contributed by atoms with Crippen LogP contribution in [-0.2, 0) is 14.3 Å². The van der Waals surface area contributed by atoms with Crippen molar-refractivity contribution in [1.29, 1.82) is 0 Å². The number of Topliss-reactive ketones (excluding diaryl/α,β-unsaturated/α-hetero) is 1. The third-order valence-corrected chi connectivity index (χ3v) is 2.76. The maximum atomic E-state index is 12.1. The molecule has 0 fully saturated rings. The van der Waals surface area contributed by atoms with Crippen LogP contribution >= 0.6 is 11.6 Å². The fourth-order valence-corrected chi connectivity index (χ4v) is 1.75. The Morgan fingerprint density at radius 2 is 1.85 bits per heavy atom. The summed E-state index contributed by atoms with van der Waals surface area (Å²) in [6, 6.07) is 5.34. The van der Waals surface area contributed by atoms with Gasteiger partial charge in [-0.1, -0.05) is 11.6 Å². The lowest BCUT2D eigenvalue weighted by molar-refractivity contribution is -0.147. The largest absolute Gasteiger partial charge is 0.464 e. The minimum atomic E-state index is -0.976. The third kappa shape index (κ3) is 5.01. The lowest BCUT2D eigenvalue weighted by atomic mass is 10.0. The van der Waals surface area contributed by atoms with Crippen molar-refractivity contribution in [2.75, 3.05) is 6.61 Å². The van der Waals surface area contributed by atoms with Crippen LogP contribution in [0.4, 0.5) is 0 Å². The highest BCUT2D eigenvalue weighted by molar-refractivity contribution is 6.30. The number of hydrogen-bond donors (Lipinski definition) is 1. The Hall–Kier alpha value is -1.88. The summed E-state index contributed by atoms with van der Waals surface area (Å²) in [5, 5.41) is 2.93. The van der Waals surface area contributed by atoms with Crippen molar-refractivity contribution < 1.29 is 19.1 Å². The molecule has 0 aliphatic carbocycles. The smallest absolute Gasteiger partial charge is 0.329 e. The molecule has 0 heterocycles. The van der Waals surface area contributed by atoms with Gasteiger partial charge in [0.2, 0.25) is 5.91 Å². The Labute approximate surface area is 122 Å². The first kappa shape index (κ1) is 16.2. The Morgan fingerprint density at radius 3 is 2.35 bits per heavy atom. The first-order valence-electron chi connectivity index (χ1n) is 6.16. The van der Waals surface area contributed by atoms with E-state index in [1.54, 1.807) is 31.2 Å². The highest BCUT2D eigenvalue weighted by Gasteiger charge is 2.24. The van der Waals surface area contributed by atoms with Crippen LogP contribution in [0, 0.1) is 0 Å². The summed E-state index contributed by atoms with van der Waals surface area (Å²) < 4.78 is 4.83. The minimum Gasteiger partial charge on any atom is -0.464 e. The van der Waals surface area contributed by atoms with E-state index in [-0.39, 0.29) is 18.8 Å². The number of rotatable bonds is 6. The number of carbonyl (C=O) groups is 3. The number of nitrogens with one attached hydrogen (secondary N) is 1. The zero-order valence-corrected chi connectivity index (χ0v) is 12.1. The molecule has 0 saturated carbocycles. The van der Waals surface area contributed by atoms with Crippen molar-refractivity contribution in [2.45, 2.75) is 26.3 Å². The van der Waals surface area contributed by atoms with E-state index in [2.05, 4.69) is 5.32 Å². The molecule has 1 rings (SSSR count). The van der Waals surface area contributed by atoms with E-state index in [4.69, 9.17) is 16.3 Å². The van der Waals surface area contributed by atoms with Gasteiger partial charge in [-0.15, -0.1) is 0 Å². The molecule has 6 heteroatoms. The quantitative estimate of drug-likeness (QED) is 0.644. The van der Waals surface area contributed by atoms with Crippen molar-refractivity contribution in [3.63, 3.8) is 0 Å². The number of amides is 1. The maximum absolute atomic E-state index is 12.1. The van der Waals surface area contributed by atoms with Crippen LogP contribution in [0.5, 0.6) is 0 Å². The molecular weight excluding hydrogens is 282 g/mol. The second kappa shape index (κ2) is 7.65. The van der Waals surface area contributed by atoms with Gasteiger partial charge in [-0.2, -0.15) is 0 Å². The molecule has 1 aromatic rings. The molecule has 1 atom stereocenters. The van der Waals surface area contributed by atoms with Crippen LogP contribution in [0.15, 0.2) is 24.3 Å². The van der Waals surface area contributed by atoms with Crippen LogP contribution in [0.2, 0.25) is 5.02 Å². The second-order valence-electron chi connectivity index (χ2n) is 4.14. The molecule has 1 aromatic carbocycles. The monoisotopic (exact) mass is 297 g/mol. The van der Waals surface area contributed by atoms with Gasteiger partial charge < -0.3 is 10.1 Å². The first-order valence-corrected chi connectivity index (χ1v) is 6.54. The summed E-state index contributed by atoms with van der Waals surface area (Å²) in [7, 11) is 0.